The summed E-state index contributed by atoms with van der Waals surface area (Å²) in [5.74, 6) is -3.87. The van der Waals surface area contributed by atoms with Crippen molar-refractivity contribution in [3.05, 3.63) is 65.2 Å². The van der Waals surface area contributed by atoms with Crippen LogP contribution in [0.2, 0.25) is 5.02 Å². The van der Waals surface area contributed by atoms with Gasteiger partial charge in [-0.05, 0) is 30.3 Å². The van der Waals surface area contributed by atoms with E-state index in [1.54, 1.807) is 0 Å². The lowest BCUT2D eigenvalue weighted by Crippen LogP contribution is -2.16. The van der Waals surface area contributed by atoms with Gasteiger partial charge < -0.3 is 10.5 Å². The summed E-state index contributed by atoms with van der Waals surface area (Å²) < 4.78 is 77.6. The molecule has 4 aromatic rings. The number of benzene rings is 2. The van der Waals surface area contributed by atoms with E-state index in [9.17, 15) is 12.8 Å². The molecule has 0 atom stereocenters. The van der Waals surface area contributed by atoms with Crippen LogP contribution in [0.3, 0.4) is 0 Å². The Balaban J connectivity index is 1.84. The number of methoxy groups -OCH3 is 1. The highest BCUT2D eigenvalue weighted by molar-refractivity contribution is 7.92. The van der Waals surface area contributed by atoms with E-state index in [0.29, 0.717) is 0 Å². The molecule has 0 saturated carbocycles. The van der Waals surface area contributed by atoms with E-state index in [0.717, 1.165) is 36.7 Å². The first-order chi connectivity index (χ1) is 15.6. The lowest BCUT2D eigenvalue weighted by Gasteiger charge is -2.14. The Morgan fingerprint density at radius 1 is 1.06 bits per heavy atom. The summed E-state index contributed by atoms with van der Waals surface area (Å²) in [5.41, 5.74) is 3.71. The molecule has 33 heavy (non-hydrogen) atoms. The van der Waals surface area contributed by atoms with E-state index in [2.05, 4.69) is 15.0 Å². The number of hydrogen-bond acceptors (Lipinski definition) is 7. The van der Waals surface area contributed by atoms with E-state index in [4.69, 9.17) is 22.1 Å². The summed E-state index contributed by atoms with van der Waals surface area (Å²) >= 11 is 5.82. The molecule has 2 aromatic heterocycles. The van der Waals surface area contributed by atoms with Gasteiger partial charge >= 0.3 is 0 Å². The van der Waals surface area contributed by atoms with Crippen molar-refractivity contribution in [1.82, 2.24) is 15.0 Å². The second-order valence-electron chi connectivity index (χ2n) is 6.64. The Morgan fingerprint density at radius 3 is 2.55 bits per heavy atom. The summed E-state index contributed by atoms with van der Waals surface area (Å²) in [7, 11) is -3.29. The molecule has 0 aliphatic rings. The number of hydrogen-bond donors (Lipinski definition) is 2. The third kappa shape index (κ3) is 4.10. The zero-order valence-corrected chi connectivity index (χ0v) is 18.2. The Labute approximate surface area is 190 Å². The molecule has 4 rings (SSSR count). The Bertz CT molecular complexity index is 1520. The molecule has 0 aliphatic heterocycles. The largest absolute Gasteiger partial charge is 0.480 e. The first kappa shape index (κ1) is 22.6. The summed E-state index contributed by atoms with van der Waals surface area (Å²) in [4.78, 5) is 10.8. The number of nitrogens with zero attached hydrogens (tertiary/aromatic N) is 3. The fourth-order valence-corrected chi connectivity index (χ4v) is 4.54. The van der Waals surface area contributed by atoms with Crippen LogP contribution in [-0.4, -0.2) is 30.5 Å². The summed E-state index contributed by atoms with van der Waals surface area (Å²) in [6, 6.07) is 5.12. The number of anilines is 2. The van der Waals surface area contributed by atoms with Crippen molar-refractivity contribution >= 4 is 44.2 Å². The summed E-state index contributed by atoms with van der Waals surface area (Å²) in [5, 5.41) is -0.140. The number of nitrogens with one attached hydrogen (secondary N) is 1. The van der Waals surface area contributed by atoms with Gasteiger partial charge in [-0.3, -0.25) is 4.72 Å². The van der Waals surface area contributed by atoms with Crippen LogP contribution in [-0.2, 0) is 10.0 Å². The van der Waals surface area contributed by atoms with Crippen molar-refractivity contribution < 1.29 is 26.3 Å². The molecular formula is C20H13ClF3N5O3S. The van der Waals surface area contributed by atoms with Gasteiger partial charge in [0.05, 0.1) is 34.3 Å². The molecule has 3 N–H and O–H groups in total. The molecule has 0 radical (unpaired) electrons. The molecule has 0 unspecified atom stereocenters. The number of nitrogens with two attached hydrogens (primary N) is 1. The van der Waals surface area contributed by atoms with Gasteiger partial charge in [-0.2, -0.15) is 0 Å². The van der Waals surface area contributed by atoms with Gasteiger partial charge in [0.25, 0.3) is 10.0 Å². The van der Waals surface area contributed by atoms with Crippen LogP contribution < -0.4 is 15.2 Å². The number of fused-ring (bicyclic) bond motifs is 1. The van der Waals surface area contributed by atoms with Crippen LogP contribution >= 0.6 is 11.6 Å². The van der Waals surface area contributed by atoms with Crippen molar-refractivity contribution in [2.75, 3.05) is 17.6 Å². The summed E-state index contributed by atoms with van der Waals surface area (Å²) in [6.07, 6.45) is 2.24. The van der Waals surface area contributed by atoms with Gasteiger partial charge in [0.1, 0.15) is 11.6 Å². The fourth-order valence-electron chi connectivity index (χ4n) is 3.11. The van der Waals surface area contributed by atoms with Crippen molar-refractivity contribution in [2.45, 2.75) is 4.90 Å². The van der Waals surface area contributed by atoms with E-state index in [1.807, 2.05) is 4.72 Å². The quantitative estimate of drug-likeness (QED) is 0.426. The van der Waals surface area contributed by atoms with E-state index in [1.165, 1.54) is 13.2 Å². The summed E-state index contributed by atoms with van der Waals surface area (Å²) in [6.45, 7) is 0. The van der Waals surface area contributed by atoms with Crippen LogP contribution in [0.1, 0.15) is 0 Å². The van der Waals surface area contributed by atoms with Crippen molar-refractivity contribution in [3.63, 3.8) is 0 Å². The van der Waals surface area contributed by atoms with Crippen molar-refractivity contribution in [1.29, 1.82) is 0 Å². The molecule has 0 fully saturated rings. The van der Waals surface area contributed by atoms with Crippen molar-refractivity contribution in [3.8, 4) is 17.0 Å². The van der Waals surface area contributed by atoms with E-state index < -0.39 is 49.2 Å². The molecule has 0 aliphatic carbocycles. The second kappa shape index (κ2) is 8.37. The Hall–Kier alpha value is -3.64. The van der Waals surface area contributed by atoms with Gasteiger partial charge in [0.15, 0.2) is 10.7 Å². The molecular weight excluding hydrogens is 483 g/mol. The van der Waals surface area contributed by atoms with Crippen LogP contribution in [0, 0.1) is 17.5 Å². The van der Waals surface area contributed by atoms with Gasteiger partial charge in [-0.25, -0.2) is 36.5 Å². The zero-order chi connectivity index (χ0) is 23.9. The smallest absolute Gasteiger partial charge is 0.267 e. The second-order valence-corrected chi connectivity index (χ2v) is 8.73. The SMILES string of the molecule is COc1ncc(Cl)cc1S(=O)(=O)Nc1ccc(F)c(-c2ccc3nc(N)ncc3c2F)c1F. The van der Waals surface area contributed by atoms with Gasteiger partial charge in [-0.1, -0.05) is 11.6 Å². The highest BCUT2D eigenvalue weighted by Gasteiger charge is 2.26. The number of aromatic nitrogens is 3. The molecule has 0 saturated heterocycles. The standard InChI is InChI=1S/C20H13ClF3N5O3S/c1-32-19-15(6-9(21)7-26-19)33(30,31)29-14-5-3-12(22)16(18(14)24)10-2-4-13-11(17(10)23)8-27-20(25)28-13/h2-8,29H,1H3,(H2,25,27,28). The minimum Gasteiger partial charge on any atom is -0.480 e. The zero-order valence-electron chi connectivity index (χ0n) is 16.6. The third-order valence-corrected chi connectivity index (χ3v) is 6.16. The third-order valence-electron chi connectivity index (χ3n) is 4.59. The predicted octanol–water partition coefficient (Wildman–Crippen LogP) is 4.15. The van der Waals surface area contributed by atoms with E-state index in [-0.39, 0.29) is 27.8 Å². The molecule has 8 nitrogen and oxygen atoms in total. The Kier molecular flexibility index (Phi) is 5.72. The monoisotopic (exact) mass is 495 g/mol. The van der Waals surface area contributed by atoms with Crippen molar-refractivity contribution in [2.24, 2.45) is 0 Å². The molecule has 0 amide bonds. The number of nitrogen functional groups attached to an aromatic ring is 1. The topological polar surface area (TPSA) is 120 Å². The first-order valence-electron chi connectivity index (χ1n) is 9.04. The maximum Gasteiger partial charge on any atom is 0.267 e. The number of sulfonamides is 1. The van der Waals surface area contributed by atoms with E-state index >= 15 is 8.78 Å². The molecule has 0 bridgehead atoms. The Morgan fingerprint density at radius 2 is 1.82 bits per heavy atom. The lowest BCUT2D eigenvalue weighted by molar-refractivity contribution is 0.385. The van der Waals surface area contributed by atoms with Crippen LogP contribution in [0.25, 0.3) is 22.0 Å². The minimum atomic E-state index is -4.47. The molecule has 0 spiro atoms. The average molecular weight is 496 g/mol. The number of halogens is 4. The first-order valence-corrected chi connectivity index (χ1v) is 10.9. The van der Waals surface area contributed by atoms with Crippen LogP contribution in [0.15, 0.2) is 47.6 Å². The minimum absolute atomic E-state index is 0.0162. The maximum atomic E-state index is 15.3. The molecule has 13 heteroatoms. The maximum absolute atomic E-state index is 15.3. The highest BCUT2D eigenvalue weighted by Crippen LogP contribution is 2.36. The predicted molar refractivity (Wildman–Crippen MR) is 116 cm³/mol. The van der Waals surface area contributed by atoms with Gasteiger partial charge in [-0.15, -0.1) is 0 Å². The van der Waals surface area contributed by atoms with Gasteiger partial charge in [0, 0.05) is 18.0 Å². The highest BCUT2D eigenvalue weighted by atomic mass is 35.5. The van der Waals surface area contributed by atoms with Crippen LogP contribution in [0.5, 0.6) is 5.88 Å². The number of rotatable bonds is 5. The molecule has 2 aromatic carbocycles. The number of pyridine rings is 1. The lowest BCUT2D eigenvalue weighted by atomic mass is 10.0. The fraction of sp³-hybridized carbons (Fsp3) is 0.0500. The molecule has 2 heterocycles. The average Bonchev–Trinajstić information content (AvgIpc) is 2.77. The van der Waals surface area contributed by atoms with Crippen LogP contribution in [0.4, 0.5) is 24.8 Å². The normalized spacial score (nSPS) is 11.5. The molecule has 170 valence electrons. The van der Waals surface area contributed by atoms with Gasteiger partial charge in [0.2, 0.25) is 11.8 Å². The number of ether oxygens (including phenoxy) is 1.